The summed E-state index contributed by atoms with van der Waals surface area (Å²) in [6, 6.07) is 4.76. The number of benzene rings is 1. The van der Waals surface area contributed by atoms with Crippen molar-refractivity contribution in [2.45, 2.75) is 6.54 Å². The Morgan fingerprint density at radius 1 is 1.47 bits per heavy atom. The maximum Gasteiger partial charge on any atom is 0.345 e. The zero-order valence-corrected chi connectivity index (χ0v) is 10.3. The van der Waals surface area contributed by atoms with Gasteiger partial charge in [-0.2, -0.15) is 0 Å². The fourth-order valence-electron chi connectivity index (χ4n) is 1.89. The van der Waals surface area contributed by atoms with Crippen molar-refractivity contribution < 1.29 is 14.4 Å². The lowest BCUT2D eigenvalue weighted by Crippen LogP contribution is -2.05. The molecule has 1 aromatic carbocycles. The van der Waals surface area contributed by atoms with Crippen LogP contribution < -0.4 is 9.47 Å². The fraction of sp³-hybridized carbons (Fsp3) is 0.182. The molecule has 0 spiro atoms. The van der Waals surface area contributed by atoms with E-state index < -0.39 is 4.92 Å². The molecule has 98 valence electrons. The Bertz CT molecular complexity index is 655. The number of aromatic nitrogens is 2. The van der Waals surface area contributed by atoms with Crippen LogP contribution >= 0.6 is 11.6 Å². The molecule has 0 N–H and O–H groups in total. The van der Waals surface area contributed by atoms with Gasteiger partial charge in [-0.1, -0.05) is 16.7 Å². The van der Waals surface area contributed by atoms with Gasteiger partial charge in [0.15, 0.2) is 11.5 Å². The van der Waals surface area contributed by atoms with Gasteiger partial charge >= 0.3 is 5.82 Å². The molecular weight excluding hydrogens is 274 g/mol. The molecule has 0 fully saturated rings. The van der Waals surface area contributed by atoms with E-state index in [0.717, 1.165) is 5.56 Å². The van der Waals surface area contributed by atoms with Gasteiger partial charge in [-0.05, 0) is 17.1 Å². The topological polar surface area (TPSA) is 79.4 Å². The van der Waals surface area contributed by atoms with E-state index in [1.54, 1.807) is 12.1 Å². The van der Waals surface area contributed by atoms with Crippen LogP contribution in [-0.2, 0) is 6.54 Å². The van der Waals surface area contributed by atoms with E-state index in [-0.39, 0.29) is 19.2 Å². The lowest BCUT2D eigenvalue weighted by molar-refractivity contribution is -0.392. The van der Waals surface area contributed by atoms with E-state index in [2.05, 4.69) is 5.10 Å². The first-order valence-electron chi connectivity index (χ1n) is 5.39. The van der Waals surface area contributed by atoms with E-state index in [4.69, 9.17) is 21.1 Å². The number of halogens is 1. The third-order valence-electron chi connectivity index (χ3n) is 2.70. The zero-order chi connectivity index (χ0) is 13.4. The van der Waals surface area contributed by atoms with Gasteiger partial charge in [0, 0.05) is 5.56 Å². The van der Waals surface area contributed by atoms with E-state index >= 15 is 0 Å². The molecule has 0 atom stereocenters. The van der Waals surface area contributed by atoms with Crippen LogP contribution in [0.25, 0.3) is 0 Å². The molecule has 0 unspecified atom stereocenters. The van der Waals surface area contributed by atoms with Crippen molar-refractivity contribution in [1.82, 2.24) is 9.78 Å². The van der Waals surface area contributed by atoms with Crippen LogP contribution in [0.3, 0.4) is 0 Å². The van der Waals surface area contributed by atoms with Gasteiger partial charge in [0.2, 0.25) is 6.79 Å². The molecular formula is C11H8ClN3O4. The molecule has 0 radical (unpaired) electrons. The highest BCUT2D eigenvalue weighted by Gasteiger charge is 2.20. The summed E-state index contributed by atoms with van der Waals surface area (Å²) < 4.78 is 11.7. The van der Waals surface area contributed by atoms with Crippen LogP contribution in [0.5, 0.6) is 11.5 Å². The van der Waals surface area contributed by atoms with Crippen molar-refractivity contribution in [3.8, 4) is 11.5 Å². The SMILES string of the molecule is O=[N+]([O-])c1ccnn1Cc1cc(Cl)c2c(c1)OCO2. The summed E-state index contributed by atoms with van der Waals surface area (Å²) in [7, 11) is 0. The average molecular weight is 282 g/mol. The van der Waals surface area contributed by atoms with Gasteiger partial charge in [-0.25, -0.2) is 0 Å². The number of fused-ring (bicyclic) bond motifs is 1. The number of nitro groups is 1. The molecule has 0 saturated heterocycles. The summed E-state index contributed by atoms with van der Waals surface area (Å²) in [6.07, 6.45) is 1.38. The second kappa shape index (κ2) is 4.43. The largest absolute Gasteiger partial charge is 0.454 e. The lowest BCUT2D eigenvalue weighted by atomic mass is 10.2. The van der Waals surface area contributed by atoms with Crippen LogP contribution in [0.4, 0.5) is 5.82 Å². The molecule has 1 aromatic heterocycles. The van der Waals surface area contributed by atoms with Crippen molar-refractivity contribution >= 4 is 17.4 Å². The summed E-state index contributed by atoms with van der Waals surface area (Å²) in [6.45, 7) is 0.361. The highest BCUT2D eigenvalue weighted by atomic mass is 35.5. The molecule has 0 amide bonds. The fourth-order valence-corrected chi connectivity index (χ4v) is 2.18. The lowest BCUT2D eigenvalue weighted by Gasteiger charge is -2.04. The molecule has 3 rings (SSSR count). The summed E-state index contributed by atoms with van der Waals surface area (Å²) >= 11 is 6.05. The van der Waals surface area contributed by atoms with E-state index in [0.29, 0.717) is 16.5 Å². The molecule has 8 heteroatoms. The Kier molecular flexibility index (Phi) is 2.75. The molecule has 1 aliphatic rings. The Morgan fingerprint density at radius 2 is 2.32 bits per heavy atom. The van der Waals surface area contributed by atoms with Crippen LogP contribution in [0.1, 0.15) is 5.56 Å². The van der Waals surface area contributed by atoms with Crippen molar-refractivity contribution in [2.24, 2.45) is 0 Å². The number of ether oxygens (including phenoxy) is 2. The standard InChI is InChI=1S/C11H8ClN3O4/c12-8-3-7(4-9-11(8)19-6-18-9)5-14-10(15(16)17)1-2-13-14/h1-4H,5-6H2. The first-order chi connectivity index (χ1) is 9.15. The normalized spacial score (nSPS) is 12.7. The quantitative estimate of drug-likeness (QED) is 0.636. The third-order valence-corrected chi connectivity index (χ3v) is 2.98. The van der Waals surface area contributed by atoms with Crippen molar-refractivity contribution in [3.63, 3.8) is 0 Å². The van der Waals surface area contributed by atoms with Crippen molar-refractivity contribution in [2.75, 3.05) is 6.79 Å². The second-order valence-corrected chi connectivity index (χ2v) is 4.32. The number of hydrogen-bond acceptors (Lipinski definition) is 5. The summed E-state index contributed by atoms with van der Waals surface area (Å²) in [5.74, 6) is 0.964. The van der Waals surface area contributed by atoms with Gasteiger partial charge in [-0.15, -0.1) is 4.68 Å². The number of nitrogens with zero attached hydrogens (tertiary/aromatic N) is 3. The maximum absolute atomic E-state index is 10.8. The van der Waals surface area contributed by atoms with Gasteiger partial charge < -0.3 is 19.6 Å². The number of hydrogen-bond donors (Lipinski definition) is 0. The average Bonchev–Trinajstić information content (AvgIpc) is 2.97. The van der Waals surface area contributed by atoms with E-state index in [1.807, 2.05) is 0 Å². The van der Waals surface area contributed by atoms with Crippen LogP contribution in [0, 0.1) is 10.1 Å². The molecule has 0 bridgehead atoms. The minimum atomic E-state index is -0.485. The molecule has 2 heterocycles. The van der Waals surface area contributed by atoms with E-state index in [1.165, 1.54) is 16.9 Å². The van der Waals surface area contributed by atoms with Gasteiger partial charge in [0.1, 0.15) is 6.54 Å². The molecule has 0 aliphatic carbocycles. The highest BCUT2D eigenvalue weighted by Crippen LogP contribution is 2.40. The van der Waals surface area contributed by atoms with Gasteiger partial charge in [0.25, 0.3) is 0 Å². The minimum Gasteiger partial charge on any atom is -0.454 e. The number of rotatable bonds is 3. The Labute approximate surface area is 112 Å². The maximum atomic E-state index is 10.8. The van der Waals surface area contributed by atoms with Gasteiger partial charge in [-0.3, -0.25) is 0 Å². The van der Waals surface area contributed by atoms with Gasteiger partial charge in [0.05, 0.1) is 17.3 Å². The first-order valence-corrected chi connectivity index (χ1v) is 5.77. The van der Waals surface area contributed by atoms with E-state index in [9.17, 15) is 10.1 Å². The summed E-state index contributed by atoms with van der Waals surface area (Å²) in [4.78, 5) is 10.3. The zero-order valence-electron chi connectivity index (χ0n) is 9.58. The Hall–Kier alpha value is -2.28. The summed E-state index contributed by atoms with van der Waals surface area (Å²) in [5, 5.41) is 15.1. The molecule has 2 aromatic rings. The first kappa shape index (κ1) is 11.8. The third kappa shape index (κ3) is 2.08. The molecule has 19 heavy (non-hydrogen) atoms. The molecule has 7 nitrogen and oxygen atoms in total. The monoisotopic (exact) mass is 281 g/mol. The predicted molar refractivity (Wildman–Crippen MR) is 65.6 cm³/mol. The smallest absolute Gasteiger partial charge is 0.345 e. The van der Waals surface area contributed by atoms with Crippen LogP contribution in [-0.4, -0.2) is 21.5 Å². The Morgan fingerprint density at radius 3 is 3.11 bits per heavy atom. The van der Waals surface area contributed by atoms with Crippen molar-refractivity contribution in [1.29, 1.82) is 0 Å². The highest BCUT2D eigenvalue weighted by molar-refractivity contribution is 6.32. The van der Waals surface area contributed by atoms with Crippen LogP contribution in [0.2, 0.25) is 5.02 Å². The minimum absolute atomic E-state index is 0.0752. The summed E-state index contributed by atoms with van der Waals surface area (Å²) in [5.41, 5.74) is 0.751. The Balaban J connectivity index is 1.94. The molecule has 1 aliphatic heterocycles. The van der Waals surface area contributed by atoms with Crippen LogP contribution in [0.15, 0.2) is 24.4 Å². The second-order valence-electron chi connectivity index (χ2n) is 3.92. The molecule has 0 saturated carbocycles. The van der Waals surface area contributed by atoms with Crippen molar-refractivity contribution in [3.05, 3.63) is 45.1 Å². The predicted octanol–water partition coefficient (Wildman–Crippen LogP) is 2.22.